The van der Waals surface area contributed by atoms with Gasteiger partial charge in [-0.25, -0.2) is 4.68 Å². The van der Waals surface area contributed by atoms with Crippen molar-refractivity contribution < 1.29 is 4.79 Å². The maximum atomic E-state index is 12.6. The van der Waals surface area contributed by atoms with Crippen LogP contribution in [-0.2, 0) is 11.3 Å². The largest absolute Gasteiger partial charge is 0.344 e. The molecule has 1 aliphatic heterocycles. The van der Waals surface area contributed by atoms with Gasteiger partial charge in [0, 0.05) is 35.2 Å². The molecule has 2 N–H and O–H groups in total. The van der Waals surface area contributed by atoms with Crippen molar-refractivity contribution >= 4 is 28.2 Å². The third-order valence-corrected chi connectivity index (χ3v) is 3.97. The van der Waals surface area contributed by atoms with Crippen LogP contribution in [0.2, 0.25) is 0 Å². The van der Waals surface area contributed by atoms with E-state index in [2.05, 4.69) is 20.7 Å². The highest BCUT2D eigenvalue weighted by Crippen LogP contribution is 2.23. The molecule has 0 saturated carbocycles. The first-order chi connectivity index (χ1) is 11.2. The number of allylic oxidation sites excluding steroid dienone is 1. The lowest BCUT2D eigenvalue weighted by molar-refractivity contribution is -0.113. The van der Waals surface area contributed by atoms with Crippen LogP contribution in [0.25, 0.3) is 10.8 Å². The topological polar surface area (TPSA) is 71.8 Å². The molecule has 23 heavy (non-hydrogen) atoms. The van der Waals surface area contributed by atoms with Gasteiger partial charge in [-0.15, -0.1) is 0 Å². The second kappa shape index (κ2) is 5.24. The van der Waals surface area contributed by atoms with Gasteiger partial charge in [-0.1, -0.05) is 6.07 Å². The lowest BCUT2D eigenvalue weighted by Crippen LogP contribution is -2.26. The average Bonchev–Trinajstić information content (AvgIpc) is 3.01. The highest BCUT2D eigenvalue weighted by atomic mass is 16.1. The number of carbonyl (C=O) groups excluding carboxylic acids is 1. The molecule has 0 spiro atoms. The van der Waals surface area contributed by atoms with Crippen molar-refractivity contribution in [3.8, 4) is 0 Å². The van der Waals surface area contributed by atoms with Gasteiger partial charge < -0.3 is 10.6 Å². The number of nitrogens with zero attached hydrogens (tertiary/aromatic N) is 3. The van der Waals surface area contributed by atoms with Crippen molar-refractivity contribution in [2.45, 2.75) is 13.5 Å². The van der Waals surface area contributed by atoms with Crippen molar-refractivity contribution in [2.75, 3.05) is 10.6 Å². The van der Waals surface area contributed by atoms with Gasteiger partial charge in [-0.2, -0.15) is 5.10 Å². The minimum atomic E-state index is -0.121. The van der Waals surface area contributed by atoms with Crippen LogP contribution >= 0.6 is 0 Å². The predicted octanol–water partition coefficient (Wildman–Crippen LogP) is 2.77. The van der Waals surface area contributed by atoms with Crippen LogP contribution in [0.4, 0.5) is 11.5 Å². The molecule has 0 atom stereocenters. The Bertz CT molecular complexity index is 941. The fourth-order valence-electron chi connectivity index (χ4n) is 2.71. The van der Waals surface area contributed by atoms with Crippen LogP contribution in [0.5, 0.6) is 0 Å². The Morgan fingerprint density at radius 1 is 1.22 bits per heavy atom. The molecule has 3 aromatic rings. The zero-order valence-corrected chi connectivity index (χ0v) is 12.6. The quantitative estimate of drug-likeness (QED) is 0.763. The Morgan fingerprint density at radius 2 is 2.13 bits per heavy atom. The minimum absolute atomic E-state index is 0.121. The van der Waals surface area contributed by atoms with E-state index in [0.717, 1.165) is 28.0 Å². The number of hydrogen-bond acceptors (Lipinski definition) is 4. The zero-order chi connectivity index (χ0) is 15.8. The molecule has 0 fully saturated rings. The van der Waals surface area contributed by atoms with Gasteiger partial charge in [0.1, 0.15) is 5.82 Å². The molecule has 1 aliphatic rings. The number of nitrogens with one attached hydrogen (secondary N) is 2. The summed E-state index contributed by atoms with van der Waals surface area (Å²) in [6.45, 7) is 2.36. The minimum Gasteiger partial charge on any atom is -0.344 e. The summed E-state index contributed by atoms with van der Waals surface area (Å²) >= 11 is 0. The molecule has 1 aromatic carbocycles. The summed E-state index contributed by atoms with van der Waals surface area (Å²) in [5, 5.41) is 12.4. The van der Waals surface area contributed by atoms with E-state index in [1.54, 1.807) is 23.3 Å². The van der Waals surface area contributed by atoms with Crippen molar-refractivity contribution in [3.63, 3.8) is 0 Å². The van der Waals surface area contributed by atoms with Gasteiger partial charge in [-0.05, 0) is 30.5 Å². The summed E-state index contributed by atoms with van der Waals surface area (Å²) in [5.74, 6) is 0.779. The van der Waals surface area contributed by atoms with E-state index in [4.69, 9.17) is 0 Å². The van der Waals surface area contributed by atoms with Gasteiger partial charge in [-0.3, -0.25) is 9.78 Å². The van der Waals surface area contributed by atoms with Crippen LogP contribution in [-0.4, -0.2) is 20.7 Å². The van der Waals surface area contributed by atoms with E-state index in [-0.39, 0.29) is 5.91 Å². The molecule has 6 nitrogen and oxygen atoms in total. The number of rotatable bonds is 2. The predicted molar refractivity (Wildman–Crippen MR) is 88.9 cm³/mol. The SMILES string of the molecule is CC1=C(C(=O)Nc2ccc3cnccc3c2)Cn2nccc2N1. The molecule has 114 valence electrons. The monoisotopic (exact) mass is 305 g/mol. The number of pyridine rings is 1. The van der Waals surface area contributed by atoms with Crippen LogP contribution in [0.15, 0.2) is 60.2 Å². The first-order valence-electron chi connectivity index (χ1n) is 7.34. The van der Waals surface area contributed by atoms with E-state index < -0.39 is 0 Å². The second-order valence-corrected chi connectivity index (χ2v) is 5.49. The Morgan fingerprint density at radius 3 is 3.04 bits per heavy atom. The van der Waals surface area contributed by atoms with Gasteiger partial charge in [0.2, 0.25) is 0 Å². The molecule has 0 saturated heterocycles. The maximum absolute atomic E-state index is 12.6. The molecule has 0 unspecified atom stereocenters. The Hall–Kier alpha value is -3.15. The molecule has 0 radical (unpaired) electrons. The Balaban J connectivity index is 1.59. The zero-order valence-electron chi connectivity index (χ0n) is 12.6. The maximum Gasteiger partial charge on any atom is 0.255 e. The third kappa shape index (κ3) is 2.44. The van der Waals surface area contributed by atoms with Gasteiger partial charge in [0.25, 0.3) is 5.91 Å². The second-order valence-electron chi connectivity index (χ2n) is 5.49. The summed E-state index contributed by atoms with van der Waals surface area (Å²) < 4.78 is 1.77. The highest BCUT2D eigenvalue weighted by Gasteiger charge is 2.20. The molecule has 4 rings (SSSR count). The Labute approximate surface area is 132 Å². The smallest absolute Gasteiger partial charge is 0.255 e. The summed E-state index contributed by atoms with van der Waals surface area (Å²) in [4.78, 5) is 16.7. The Kier molecular flexibility index (Phi) is 3.08. The average molecular weight is 305 g/mol. The summed E-state index contributed by atoms with van der Waals surface area (Å²) in [6.07, 6.45) is 5.26. The normalized spacial score (nSPS) is 13.6. The van der Waals surface area contributed by atoms with Crippen molar-refractivity contribution in [2.24, 2.45) is 0 Å². The molecular formula is C17H15N5O. The van der Waals surface area contributed by atoms with Crippen LogP contribution in [0.3, 0.4) is 0 Å². The number of amides is 1. The van der Waals surface area contributed by atoms with Crippen LogP contribution < -0.4 is 10.6 Å². The van der Waals surface area contributed by atoms with Gasteiger partial charge >= 0.3 is 0 Å². The fourth-order valence-corrected chi connectivity index (χ4v) is 2.71. The van der Waals surface area contributed by atoms with E-state index in [9.17, 15) is 4.79 Å². The molecule has 6 heteroatoms. The van der Waals surface area contributed by atoms with Gasteiger partial charge in [0.15, 0.2) is 0 Å². The number of carbonyl (C=O) groups is 1. The van der Waals surface area contributed by atoms with E-state index in [1.165, 1.54) is 0 Å². The lowest BCUT2D eigenvalue weighted by atomic mass is 10.1. The first-order valence-corrected chi connectivity index (χ1v) is 7.34. The van der Waals surface area contributed by atoms with Crippen molar-refractivity contribution in [1.82, 2.24) is 14.8 Å². The standard InChI is InChI=1S/C17H15N5O/c1-11-15(10-22-16(20-11)5-7-19-22)17(23)21-14-3-2-13-9-18-6-4-12(13)8-14/h2-9,20H,10H2,1H3,(H,21,23). The third-order valence-electron chi connectivity index (χ3n) is 3.97. The van der Waals surface area contributed by atoms with Crippen LogP contribution in [0, 0.1) is 0 Å². The summed E-state index contributed by atoms with van der Waals surface area (Å²) in [6, 6.07) is 9.58. The van der Waals surface area contributed by atoms with Gasteiger partial charge in [0.05, 0.1) is 18.3 Å². The highest BCUT2D eigenvalue weighted by molar-refractivity contribution is 6.05. The molecule has 2 aromatic heterocycles. The number of anilines is 2. The summed E-state index contributed by atoms with van der Waals surface area (Å²) in [5.41, 5.74) is 2.29. The molecule has 0 aliphatic carbocycles. The molecule has 0 bridgehead atoms. The lowest BCUT2D eigenvalue weighted by Gasteiger charge is -2.21. The number of fused-ring (bicyclic) bond motifs is 2. The van der Waals surface area contributed by atoms with Crippen molar-refractivity contribution in [3.05, 3.63) is 60.2 Å². The van der Waals surface area contributed by atoms with E-state index in [0.29, 0.717) is 12.1 Å². The first kappa shape index (κ1) is 13.5. The van der Waals surface area contributed by atoms with E-state index >= 15 is 0 Å². The molecule has 1 amide bonds. The number of benzene rings is 1. The van der Waals surface area contributed by atoms with Crippen LogP contribution in [0.1, 0.15) is 6.92 Å². The molecule has 3 heterocycles. The fraction of sp³-hybridized carbons (Fsp3) is 0.118. The summed E-state index contributed by atoms with van der Waals surface area (Å²) in [7, 11) is 0. The van der Waals surface area contributed by atoms with Crippen molar-refractivity contribution in [1.29, 1.82) is 0 Å². The van der Waals surface area contributed by atoms with E-state index in [1.807, 2.05) is 37.3 Å². The number of hydrogen-bond donors (Lipinski definition) is 2. The number of aromatic nitrogens is 3. The molecular weight excluding hydrogens is 290 g/mol.